The van der Waals surface area contributed by atoms with Crippen LogP contribution in [0.25, 0.3) is 0 Å². The maximum absolute atomic E-state index is 6.07. The first kappa shape index (κ1) is 12.3. The van der Waals surface area contributed by atoms with Crippen molar-refractivity contribution in [2.45, 2.75) is 25.3 Å². The second-order valence-corrected chi connectivity index (χ2v) is 4.33. The molecule has 2 N–H and O–H groups in total. The van der Waals surface area contributed by atoms with Gasteiger partial charge in [0.2, 0.25) is 0 Å². The summed E-state index contributed by atoms with van der Waals surface area (Å²) in [4.78, 5) is 6.64. The zero-order valence-electron chi connectivity index (χ0n) is 9.02. The molecule has 0 aromatic carbocycles. The molecule has 1 aromatic heterocycles. The number of hydrogen-bond donors (Lipinski definition) is 1. The van der Waals surface area contributed by atoms with Crippen LogP contribution in [0, 0.1) is 0 Å². The highest BCUT2D eigenvalue weighted by Crippen LogP contribution is 2.22. The quantitative estimate of drug-likeness (QED) is 0.796. The Morgan fingerprint density at radius 2 is 2.00 bits per heavy atom. The lowest BCUT2D eigenvalue weighted by atomic mass is 9.91. The largest absolute Gasteiger partial charge is 0.356 e. The second-order valence-electron chi connectivity index (χ2n) is 4.33. The second kappa shape index (κ2) is 4.81. The molecule has 0 atom stereocenters. The van der Waals surface area contributed by atoms with Crippen molar-refractivity contribution in [3.05, 3.63) is 24.4 Å². The first-order valence-corrected chi connectivity index (χ1v) is 5.12. The number of hydrogen-bond acceptors (Lipinski definition) is 3. The molecule has 0 saturated carbocycles. The van der Waals surface area contributed by atoms with Crippen molar-refractivity contribution in [3.63, 3.8) is 0 Å². The van der Waals surface area contributed by atoms with E-state index in [1.807, 2.05) is 18.3 Å². The summed E-state index contributed by atoms with van der Waals surface area (Å²) in [6, 6.07) is 6.03. The molecule has 1 aliphatic heterocycles. The zero-order chi connectivity index (χ0) is 10.0. The Hall–Kier alpha value is -0.800. The predicted molar refractivity (Wildman–Crippen MR) is 65.5 cm³/mol. The van der Waals surface area contributed by atoms with E-state index in [2.05, 4.69) is 22.9 Å². The molecule has 0 bridgehead atoms. The molecule has 1 saturated heterocycles. The average Bonchev–Trinajstić information content (AvgIpc) is 2.19. The summed E-state index contributed by atoms with van der Waals surface area (Å²) in [6.45, 7) is 4.16. The third kappa shape index (κ3) is 3.08. The van der Waals surface area contributed by atoms with Gasteiger partial charge in [-0.15, -0.1) is 12.4 Å². The van der Waals surface area contributed by atoms with Gasteiger partial charge in [-0.25, -0.2) is 4.98 Å². The summed E-state index contributed by atoms with van der Waals surface area (Å²) in [5, 5.41) is 0. The van der Waals surface area contributed by atoms with Crippen LogP contribution in [-0.2, 0) is 0 Å². The van der Waals surface area contributed by atoms with E-state index in [9.17, 15) is 0 Å². The van der Waals surface area contributed by atoms with Crippen molar-refractivity contribution < 1.29 is 0 Å². The van der Waals surface area contributed by atoms with Crippen LogP contribution in [0.3, 0.4) is 0 Å². The van der Waals surface area contributed by atoms with Crippen LogP contribution in [-0.4, -0.2) is 23.6 Å². The minimum atomic E-state index is 0. The molecule has 1 aliphatic rings. The van der Waals surface area contributed by atoms with E-state index in [1.165, 1.54) is 0 Å². The summed E-state index contributed by atoms with van der Waals surface area (Å²) >= 11 is 0. The molecular weight excluding hydrogens is 210 g/mol. The molecule has 4 heteroatoms. The lowest BCUT2D eigenvalue weighted by Gasteiger charge is -2.37. The van der Waals surface area contributed by atoms with Crippen LogP contribution in [0.4, 0.5) is 5.82 Å². The van der Waals surface area contributed by atoms with Crippen molar-refractivity contribution in [2.75, 3.05) is 18.0 Å². The maximum Gasteiger partial charge on any atom is 0.128 e. The van der Waals surface area contributed by atoms with Gasteiger partial charge in [-0.05, 0) is 31.9 Å². The van der Waals surface area contributed by atoms with Crippen molar-refractivity contribution in [2.24, 2.45) is 5.73 Å². The smallest absolute Gasteiger partial charge is 0.128 e. The first-order valence-electron chi connectivity index (χ1n) is 5.12. The molecule has 0 spiro atoms. The SMILES string of the molecule is CC1(N)CCN(c2ccccn2)CC1.Cl. The van der Waals surface area contributed by atoms with Crippen molar-refractivity contribution in [1.29, 1.82) is 0 Å². The van der Waals surface area contributed by atoms with E-state index in [0.717, 1.165) is 31.7 Å². The highest BCUT2D eigenvalue weighted by molar-refractivity contribution is 5.85. The van der Waals surface area contributed by atoms with Crippen LogP contribution >= 0.6 is 12.4 Å². The Bertz CT molecular complexity index is 290. The number of piperidine rings is 1. The highest BCUT2D eigenvalue weighted by Gasteiger charge is 2.26. The summed E-state index contributed by atoms with van der Waals surface area (Å²) in [5.74, 6) is 1.07. The van der Waals surface area contributed by atoms with E-state index in [0.29, 0.717) is 0 Å². The Labute approximate surface area is 97.1 Å². The van der Waals surface area contributed by atoms with Gasteiger partial charge in [0.1, 0.15) is 5.82 Å². The number of aromatic nitrogens is 1. The number of rotatable bonds is 1. The van der Waals surface area contributed by atoms with Gasteiger partial charge in [0.25, 0.3) is 0 Å². The van der Waals surface area contributed by atoms with Crippen molar-refractivity contribution >= 4 is 18.2 Å². The van der Waals surface area contributed by atoms with E-state index in [-0.39, 0.29) is 17.9 Å². The normalized spacial score (nSPS) is 19.5. The fourth-order valence-electron chi connectivity index (χ4n) is 1.79. The molecular formula is C11H18ClN3. The lowest BCUT2D eigenvalue weighted by Crippen LogP contribution is -2.48. The molecule has 0 amide bonds. The van der Waals surface area contributed by atoms with E-state index in [1.54, 1.807) is 0 Å². The topological polar surface area (TPSA) is 42.1 Å². The lowest BCUT2D eigenvalue weighted by molar-refractivity contribution is 0.363. The van der Waals surface area contributed by atoms with Gasteiger partial charge in [-0.3, -0.25) is 0 Å². The van der Waals surface area contributed by atoms with Crippen LogP contribution in [0.2, 0.25) is 0 Å². The highest BCUT2D eigenvalue weighted by atomic mass is 35.5. The van der Waals surface area contributed by atoms with Gasteiger partial charge in [-0.1, -0.05) is 6.07 Å². The molecule has 1 fully saturated rings. The fourth-order valence-corrected chi connectivity index (χ4v) is 1.79. The minimum Gasteiger partial charge on any atom is -0.356 e. The molecule has 0 unspecified atom stereocenters. The molecule has 0 aliphatic carbocycles. The molecule has 3 nitrogen and oxygen atoms in total. The standard InChI is InChI=1S/C11H17N3.ClH/c1-11(12)5-8-14(9-6-11)10-4-2-3-7-13-10;/h2-4,7H,5-6,8-9,12H2,1H3;1H. The van der Waals surface area contributed by atoms with Gasteiger partial charge in [-0.2, -0.15) is 0 Å². The molecule has 15 heavy (non-hydrogen) atoms. The number of nitrogens with two attached hydrogens (primary N) is 1. The number of anilines is 1. The third-order valence-corrected chi connectivity index (χ3v) is 2.88. The minimum absolute atomic E-state index is 0. The molecule has 2 heterocycles. The Morgan fingerprint density at radius 1 is 1.33 bits per heavy atom. The summed E-state index contributed by atoms with van der Waals surface area (Å²) in [6.07, 6.45) is 3.93. The zero-order valence-corrected chi connectivity index (χ0v) is 9.83. The first-order chi connectivity index (χ1) is 6.67. The Morgan fingerprint density at radius 3 is 2.53 bits per heavy atom. The third-order valence-electron chi connectivity index (χ3n) is 2.88. The van der Waals surface area contributed by atoms with E-state index >= 15 is 0 Å². The molecule has 2 rings (SSSR count). The molecule has 84 valence electrons. The van der Waals surface area contributed by atoms with Gasteiger partial charge < -0.3 is 10.6 Å². The number of halogens is 1. The Balaban J connectivity index is 0.00000112. The predicted octanol–water partition coefficient (Wildman–Crippen LogP) is 1.82. The van der Waals surface area contributed by atoms with Crippen molar-refractivity contribution in [3.8, 4) is 0 Å². The fraction of sp³-hybridized carbons (Fsp3) is 0.545. The molecule has 0 radical (unpaired) electrons. The number of nitrogens with zero attached hydrogens (tertiary/aromatic N) is 2. The Kier molecular flexibility index (Phi) is 3.94. The summed E-state index contributed by atoms with van der Waals surface area (Å²) in [5.41, 5.74) is 6.09. The van der Waals surface area contributed by atoms with E-state index in [4.69, 9.17) is 5.73 Å². The number of pyridine rings is 1. The van der Waals surface area contributed by atoms with Crippen LogP contribution in [0.1, 0.15) is 19.8 Å². The monoisotopic (exact) mass is 227 g/mol. The van der Waals surface area contributed by atoms with Crippen LogP contribution in [0.5, 0.6) is 0 Å². The van der Waals surface area contributed by atoms with Gasteiger partial charge in [0, 0.05) is 24.8 Å². The average molecular weight is 228 g/mol. The maximum atomic E-state index is 6.07. The molecule has 1 aromatic rings. The van der Waals surface area contributed by atoms with Gasteiger partial charge in [0.15, 0.2) is 0 Å². The van der Waals surface area contributed by atoms with E-state index < -0.39 is 0 Å². The van der Waals surface area contributed by atoms with Gasteiger partial charge in [0.05, 0.1) is 0 Å². The van der Waals surface area contributed by atoms with Crippen LogP contribution < -0.4 is 10.6 Å². The summed E-state index contributed by atoms with van der Waals surface area (Å²) in [7, 11) is 0. The van der Waals surface area contributed by atoms with Crippen molar-refractivity contribution in [1.82, 2.24) is 4.98 Å². The van der Waals surface area contributed by atoms with Crippen LogP contribution in [0.15, 0.2) is 24.4 Å². The van der Waals surface area contributed by atoms with Gasteiger partial charge >= 0.3 is 0 Å². The summed E-state index contributed by atoms with van der Waals surface area (Å²) < 4.78 is 0.